The zero-order chi connectivity index (χ0) is 18.4. The fourth-order valence-electron chi connectivity index (χ4n) is 3.34. The summed E-state index contributed by atoms with van der Waals surface area (Å²) in [6.45, 7) is 9.15. The van der Waals surface area contributed by atoms with E-state index in [-0.39, 0.29) is 0 Å². The highest BCUT2D eigenvalue weighted by Gasteiger charge is 2.21. The van der Waals surface area contributed by atoms with Crippen LogP contribution in [0.25, 0.3) is 0 Å². The van der Waals surface area contributed by atoms with Crippen LogP contribution in [-0.4, -0.2) is 84.6 Å². The third-order valence-corrected chi connectivity index (χ3v) is 4.85. The summed E-state index contributed by atoms with van der Waals surface area (Å²) in [5.41, 5.74) is 2.44. The van der Waals surface area contributed by atoms with Crippen molar-refractivity contribution in [1.82, 2.24) is 20.0 Å². The Morgan fingerprint density at radius 3 is 2.44 bits per heavy atom. The molecule has 0 amide bonds. The van der Waals surface area contributed by atoms with Crippen molar-refractivity contribution in [2.24, 2.45) is 0 Å². The Morgan fingerprint density at radius 2 is 1.88 bits per heavy atom. The number of anilines is 1. The molecule has 1 atom stereocenters. The standard InChI is InChI=1S/C18H30N6O/c1-5-15-16(11-19)18(21-20-17(15)6-2)23(4)12-14(25)13-24-9-7-22(3)8-10-24/h14,25H,5-10,12-13H2,1-4H3/t14-/m0/s1. The summed E-state index contributed by atoms with van der Waals surface area (Å²) in [6, 6.07) is 2.29. The van der Waals surface area contributed by atoms with E-state index in [1.165, 1.54) is 0 Å². The van der Waals surface area contributed by atoms with E-state index in [2.05, 4.69) is 33.1 Å². The van der Waals surface area contributed by atoms with Gasteiger partial charge in [0.05, 0.1) is 11.8 Å². The number of nitriles is 1. The first-order valence-electron chi connectivity index (χ1n) is 9.08. The van der Waals surface area contributed by atoms with Crippen LogP contribution in [0.1, 0.15) is 30.7 Å². The summed E-state index contributed by atoms with van der Waals surface area (Å²) in [4.78, 5) is 6.43. The minimum Gasteiger partial charge on any atom is -0.390 e. The molecule has 2 rings (SSSR count). The number of aliphatic hydroxyl groups is 1. The Labute approximate surface area is 150 Å². The molecule has 1 aliphatic heterocycles. The first-order chi connectivity index (χ1) is 12.0. The Balaban J connectivity index is 2.05. The molecular weight excluding hydrogens is 316 g/mol. The van der Waals surface area contributed by atoms with E-state index < -0.39 is 6.10 Å². The third-order valence-electron chi connectivity index (χ3n) is 4.85. The SMILES string of the molecule is CCc1nnc(N(C)C[C@H](O)CN2CCN(C)CC2)c(C#N)c1CC. The molecule has 1 fully saturated rings. The quantitative estimate of drug-likeness (QED) is 0.771. The maximum atomic E-state index is 10.5. The van der Waals surface area contributed by atoms with Gasteiger partial charge >= 0.3 is 0 Å². The van der Waals surface area contributed by atoms with Gasteiger partial charge in [-0.15, -0.1) is 5.10 Å². The lowest BCUT2D eigenvalue weighted by Gasteiger charge is -2.34. The molecular formula is C18H30N6O. The van der Waals surface area contributed by atoms with Crippen LogP contribution in [0, 0.1) is 11.3 Å². The van der Waals surface area contributed by atoms with Crippen molar-refractivity contribution in [3.8, 4) is 6.07 Å². The zero-order valence-electron chi connectivity index (χ0n) is 15.9. The van der Waals surface area contributed by atoms with Gasteiger partial charge in [0.15, 0.2) is 5.82 Å². The molecule has 0 unspecified atom stereocenters. The van der Waals surface area contributed by atoms with Crippen molar-refractivity contribution in [3.63, 3.8) is 0 Å². The second-order valence-electron chi connectivity index (χ2n) is 6.78. The van der Waals surface area contributed by atoms with E-state index in [0.717, 1.165) is 50.3 Å². The zero-order valence-corrected chi connectivity index (χ0v) is 15.9. The van der Waals surface area contributed by atoms with Crippen molar-refractivity contribution in [2.45, 2.75) is 32.8 Å². The first-order valence-corrected chi connectivity index (χ1v) is 9.08. The number of β-amino-alcohol motifs (C(OH)–C–C–N with tert-alkyl or cyclic N) is 1. The Hall–Kier alpha value is -1.75. The molecule has 1 aromatic heterocycles. The number of aromatic nitrogens is 2. The lowest BCUT2D eigenvalue weighted by Crippen LogP contribution is -2.48. The highest BCUT2D eigenvalue weighted by molar-refractivity contribution is 5.57. The van der Waals surface area contributed by atoms with Gasteiger partial charge in [0, 0.05) is 46.3 Å². The van der Waals surface area contributed by atoms with Gasteiger partial charge in [-0.25, -0.2) is 0 Å². The molecule has 2 heterocycles. The fraction of sp³-hybridized carbons (Fsp3) is 0.722. The monoisotopic (exact) mass is 346 g/mol. The van der Waals surface area contributed by atoms with E-state index in [4.69, 9.17) is 0 Å². The minimum absolute atomic E-state index is 0.435. The third kappa shape index (κ3) is 4.88. The Morgan fingerprint density at radius 1 is 1.20 bits per heavy atom. The first kappa shape index (κ1) is 19.6. The highest BCUT2D eigenvalue weighted by atomic mass is 16.3. The summed E-state index contributed by atoms with van der Waals surface area (Å²) in [5, 5.41) is 28.6. The molecule has 1 aromatic rings. The topological polar surface area (TPSA) is 79.5 Å². The predicted molar refractivity (Wildman–Crippen MR) is 98.7 cm³/mol. The van der Waals surface area contributed by atoms with Crippen LogP contribution in [0.5, 0.6) is 0 Å². The molecule has 0 aliphatic carbocycles. The molecule has 1 aliphatic rings. The number of likely N-dealkylation sites (N-methyl/N-ethyl adjacent to an activating group) is 2. The predicted octanol–water partition coefficient (Wildman–Crippen LogP) is 0.518. The van der Waals surface area contributed by atoms with Crippen LogP contribution in [-0.2, 0) is 12.8 Å². The second kappa shape index (κ2) is 9.09. The molecule has 7 nitrogen and oxygen atoms in total. The summed E-state index contributed by atoms with van der Waals surface area (Å²) in [6.07, 6.45) is 1.03. The summed E-state index contributed by atoms with van der Waals surface area (Å²) < 4.78 is 0. The number of hydrogen-bond acceptors (Lipinski definition) is 7. The van der Waals surface area contributed by atoms with E-state index in [1.807, 2.05) is 25.8 Å². The van der Waals surface area contributed by atoms with Crippen LogP contribution in [0.4, 0.5) is 5.82 Å². The summed E-state index contributed by atoms with van der Waals surface area (Å²) in [5.74, 6) is 0.564. The molecule has 1 N–H and O–H groups in total. The number of hydrogen-bond donors (Lipinski definition) is 1. The average molecular weight is 346 g/mol. The van der Waals surface area contributed by atoms with Gasteiger partial charge in [-0.1, -0.05) is 13.8 Å². The van der Waals surface area contributed by atoms with E-state index >= 15 is 0 Å². The van der Waals surface area contributed by atoms with Crippen LogP contribution in [0.15, 0.2) is 0 Å². The Kier molecular flexibility index (Phi) is 7.12. The largest absolute Gasteiger partial charge is 0.390 e. The maximum absolute atomic E-state index is 10.5. The summed E-state index contributed by atoms with van der Waals surface area (Å²) in [7, 11) is 3.98. The van der Waals surface area contributed by atoms with Crippen molar-refractivity contribution in [3.05, 3.63) is 16.8 Å². The van der Waals surface area contributed by atoms with Gasteiger partial charge in [-0.05, 0) is 25.5 Å². The molecule has 0 bridgehead atoms. The molecule has 0 spiro atoms. The normalized spacial score (nSPS) is 17.3. The van der Waals surface area contributed by atoms with Gasteiger partial charge in [0.1, 0.15) is 11.6 Å². The Bertz CT molecular complexity index is 606. The van der Waals surface area contributed by atoms with Crippen molar-refractivity contribution < 1.29 is 5.11 Å². The molecule has 7 heteroatoms. The number of piperazine rings is 1. The minimum atomic E-state index is -0.488. The highest BCUT2D eigenvalue weighted by Crippen LogP contribution is 2.22. The van der Waals surface area contributed by atoms with Gasteiger partial charge in [0.25, 0.3) is 0 Å². The number of aliphatic hydroxyl groups excluding tert-OH is 1. The van der Waals surface area contributed by atoms with Crippen molar-refractivity contribution in [2.75, 3.05) is 58.3 Å². The fourth-order valence-corrected chi connectivity index (χ4v) is 3.34. The number of nitrogens with zero attached hydrogens (tertiary/aromatic N) is 6. The molecule has 0 radical (unpaired) electrons. The molecule has 0 saturated carbocycles. The molecule has 1 saturated heterocycles. The lowest BCUT2D eigenvalue weighted by atomic mass is 10.0. The second-order valence-corrected chi connectivity index (χ2v) is 6.78. The van der Waals surface area contributed by atoms with Gasteiger partial charge in [0.2, 0.25) is 0 Å². The van der Waals surface area contributed by atoms with Gasteiger partial charge in [-0.2, -0.15) is 10.4 Å². The van der Waals surface area contributed by atoms with Crippen molar-refractivity contribution >= 4 is 5.82 Å². The van der Waals surface area contributed by atoms with E-state index in [0.29, 0.717) is 24.5 Å². The van der Waals surface area contributed by atoms with Gasteiger partial charge < -0.3 is 14.9 Å². The average Bonchev–Trinajstić information content (AvgIpc) is 2.61. The summed E-state index contributed by atoms with van der Waals surface area (Å²) >= 11 is 0. The number of aryl methyl sites for hydroxylation is 1. The number of rotatable bonds is 7. The molecule has 0 aromatic carbocycles. The van der Waals surface area contributed by atoms with Crippen LogP contribution >= 0.6 is 0 Å². The molecule has 138 valence electrons. The van der Waals surface area contributed by atoms with Crippen LogP contribution in [0.3, 0.4) is 0 Å². The van der Waals surface area contributed by atoms with E-state index in [1.54, 1.807) is 0 Å². The lowest BCUT2D eigenvalue weighted by molar-refractivity contribution is 0.0842. The molecule has 25 heavy (non-hydrogen) atoms. The maximum Gasteiger partial charge on any atom is 0.169 e. The van der Waals surface area contributed by atoms with E-state index in [9.17, 15) is 10.4 Å². The van der Waals surface area contributed by atoms with Gasteiger partial charge in [-0.3, -0.25) is 4.90 Å². The smallest absolute Gasteiger partial charge is 0.169 e. The van der Waals surface area contributed by atoms with Crippen molar-refractivity contribution in [1.29, 1.82) is 5.26 Å². The van der Waals surface area contributed by atoms with Crippen LogP contribution < -0.4 is 4.90 Å². The van der Waals surface area contributed by atoms with Crippen LogP contribution in [0.2, 0.25) is 0 Å².